The highest BCUT2D eigenvalue weighted by Gasteiger charge is 2.33. The Morgan fingerprint density at radius 2 is 2.05 bits per heavy atom. The second kappa shape index (κ2) is 9.87. The zero-order valence-corrected chi connectivity index (χ0v) is 15.2. The highest BCUT2D eigenvalue weighted by atomic mass is 127. The van der Waals surface area contributed by atoms with Crippen LogP contribution in [0.2, 0.25) is 0 Å². The molecule has 0 saturated heterocycles. The second-order valence-corrected chi connectivity index (χ2v) is 5.24. The van der Waals surface area contributed by atoms with Crippen molar-refractivity contribution >= 4 is 29.9 Å². The minimum atomic E-state index is 0. The summed E-state index contributed by atoms with van der Waals surface area (Å²) in [6, 6.07) is 10.5. The molecule has 2 N–H and O–H groups in total. The summed E-state index contributed by atoms with van der Waals surface area (Å²) in [6.45, 7) is 6.73. The molecule has 1 fully saturated rings. The summed E-state index contributed by atoms with van der Waals surface area (Å²) in [6.07, 6.45) is 2.17. The first-order chi connectivity index (χ1) is 9.79. The topological polar surface area (TPSA) is 45.7 Å². The lowest BCUT2D eigenvalue weighted by Gasteiger charge is -2.10. The van der Waals surface area contributed by atoms with Gasteiger partial charge in [0.25, 0.3) is 0 Å². The number of aliphatic imine (C=N–C) groups is 1. The van der Waals surface area contributed by atoms with E-state index < -0.39 is 0 Å². The van der Waals surface area contributed by atoms with Crippen LogP contribution >= 0.6 is 24.0 Å². The maximum Gasteiger partial charge on any atom is 0.191 e. The third-order valence-electron chi connectivity index (χ3n) is 3.36. The number of ether oxygens (including phenoxy) is 1. The monoisotopic (exact) mass is 403 g/mol. The van der Waals surface area contributed by atoms with Crippen molar-refractivity contribution in [3.05, 3.63) is 30.3 Å². The summed E-state index contributed by atoms with van der Waals surface area (Å²) in [5, 5.41) is 6.73. The Morgan fingerprint density at radius 3 is 2.67 bits per heavy atom. The molecule has 1 aliphatic rings. The molecule has 4 nitrogen and oxygen atoms in total. The average Bonchev–Trinajstić information content (AvgIpc) is 3.15. The molecule has 21 heavy (non-hydrogen) atoms. The van der Waals surface area contributed by atoms with Crippen molar-refractivity contribution in [3.8, 4) is 5.75 Å². The van der Waals surface area contributed by atoms with Crippen LogP contribution in [0.15, 0.2) is 35.3 Å². The standard InChI is InChI=1S/C16H25N3O.HI/c1-3-17-16(19-15-12-13(15)2)18-10-7-11-20-14-8-5-4-6-9-14;/h4-6,8-9,13,15H,3,7,10-12H2,1-2H3,(H2,17,18,19);1H. The van der Waals surface area contributed by atoms with Gasteiger partial charge in [-0.25, -0.2) is 0 Å². The SMILES string of the molecule is CCNC(=NCCCOc1ccccc1)NC1CC1C.I. The Kier molecular flexibility index (Phi) is 8.49. The van der Waals surface area contributed by atoms with Gasteiger partial charge in [-0.1, -0.05) is 25.1 Å². The van der Waals surface area contributed by atoms with Crippen molar-refractivity contribution in [1.29, 1.82) is 0 Å². The van der Waals surface area contributed by atoms with Crippen molar-refractivity contribution in [2.24, 2.45) is 10.9 Å². The van der Waals surface area contributed by atoms with Crippen LogP contribution in [0.5, 0.6) is 5.75 Å². The molecule has 0 radical (unpaired) electrons. The molecule has 0 amide bonds. The fourth-order valence-electron chi connectivity index (χ4n) is 1.98. The lowest BCUT2D eigenvalue weighted by Crippen LogP contribution is -2.39. The molecule has 0 spiro atoms. The highest BCUT2D eigenvalue weighted by Crippen LogP contribution is 2.28. The summed E-state index contributed by atoms with van der Waals surface area (Å²) in [7, 11) is 0. The smallest absolute Gasteiger partial charge is 0.191 e. The van der Waals surface area contributed by atoms with Crippen molar-refractivity contribution in [2.45, 2.75) is 32.7 Å². The van der Waals surface area contributed by atoms with Gasteiger partial charge in [0.2, 0.25) is 0 Å². The van der Waals surface area contributed by atoms with E-state index in [1.54, 1.807) is 0 Å². The van der Waals surface area contributed by atoms with E-state index >= 15 is 0 Å². The van der Waals surface area contributed by atoms with Crippen molar-refractivity contribution in [3.63, 3.8) is 0 Å². The number of rotatable bonds is 7. The molecule has 0 heterocycles. The van der Waals surface area contributed by atoms with Gasteiger partial charge < -0.3 is 15.4 Å². The first-order valence-electron chi connectivity index (χ1n) is 7.52. The molecule has 1 saturated carbocycles. The number of nitrogens with zero attached hydrogens (tertiary/aromatic N) is 1. The Morgan fingerprint density at radius 1 is 1.33 bits per heavy atom. The quantitative estimate of drug-likeness (QED) is 0.319. The number of nitrogens with one attached hydrogen (secondary N) is 2. The molecule has 0 bridgehead atoms. The summed E-state index contributed by atoms with van der Waals surface area (Å²) < 4.78 is 5.65. The number of para-hydroxylation sites is 1. The van der Waals surface area contributed by atoms with Gasteiger partial charge in [-0.2, -0.15) is 0 Å². The first-order valence-corrected chi connectivity index (χ1v) is 7.52. The summed E-state index contributed by atoms with van der Waals surface area (Å²) in [4.78, 5) is 4.57. The highest BCUT2D eigenvalue weighted by molar-refractivity contribution is 14.0. The van der Waals surface area contributed by atoms with Crippen LogP contribution in [0.25, 0.3) is 0 Å². The molecule has 1 aromatic carbocycles. The van der Waals surface area contributed by atoms with Crippen molar-refractivity contribution in [1.82, 2.24) is 10.6 Å². The lowest BCUT2D eigenvalue weighted by molar-refractivity contribution is 0.313. The van der Waals surface area contributed by atoms with Gasteiger partial charge in [-0.3, -0.25) is 4.99 Å². The lowest BCUT2D eigenvalue weighted by atomic mass is 10.3. The fraction of sp³-hybridized carbons (Fsp3) is 0.562. The van der Waals surface area contributed by atoms with Crippen LogP contribution < -0.4 is 15.4 Å². The second-order valence-electron chi connectivity index (χ2n) is 5.24. The number of hydrogen-bond acceptors (Lipinski definition) is 2. The van der Waals surface area contributed by atoms with E-state index in [1.165, 1.54) is 6.42 Å². The largest absolute Gasteiger partial charge is 0.494 e. The first kappa shape index (κ1) is 18.1. The van der Waals surface area contributed by atoms with E-state index in [9.17, 15) is 0 Å². The minimum absolute atomic E-state index is 0. The maximum absolute atomic E-state index is 5.65. The van der Waals surface area contributed by atoms with Crippen LogP contribution in [0.4, 0.5) is 0 Å². The van der Waals surface area contributed by atoms with Crippen LogP contribution in [0.1, 0.15) is 26.7 Å². The van der Waals surface area contributed by atoms with Gasteiger partial charge in [0.15, 0.2) is 5.96 Å². The zero-order valence-electron chi connectivity index (χ0n) is 12.8. The van der Waals surface area contributed by atoms with Gasteiger partial charge in [-0.05, 0) is 31.4 Å². The summed E-state index contributed by atoms with van der Waals surface area (Å²) in [5.74, 6) is 2.63. The minimum Gasteiger partial charge on any atom is -0.494 e. The third kappa shape index (κ3) is 7.02. The molecule has 2 rings (SSSR count). The molecular formula is C16H26IN3O. The van der Waals surface area contributed by atoms with Crippen molar-refractivity contribution < 1.29 is 4.74 Å². The Hall–Kier alpha value is -0.980. The Bertz CT molecular complexity index is 425. The Balaban J connectivity index is 0.00000220. The number of benzene rings is 1. The summed E-state index contributed by atoms with van der Waals surface area (Å²) >= 11 is 0. The summed E-state index contributed by atoms with van der Waals surface area (Å²) in [5.41, 5.74) is 0. The molecule has 2 unspecified atom stereocenters. The Labute approximate surface area is 144 Å². The molecule has 5 heteroatoms. The molecule has 118 valence electrons. The third-order valence-corrected chi connectivity index (χ3v) is 3.36. The molecular weight excluding hydrogens is 377 g/mol. The van der Waals surface area contributed by atoms with Crippen LogP contribution in [-0.2, 0) is 0 Å². The molecule has 0 aliphatic heterocycles. The van der Waals surface area contributed by atoms with Gasteiger partial charge in [0.05, 0.1) is 6.61 Å². The normalized spacial score (nSPS) is 20.4. The van der Waals surface area contributed by atoms with Gasteiger partial charge in [0, 0.05) is 25.6 Å². The molecule has 1 aromatic rings. The predicted octanol–water partition coefficient (Wildman–Crippen LogP) is 3.04. The van der Waals surface area contributed by atoms with E-state index in [0.717, 1.165) is 37.1 Å². The number of halogens is 1. The van der Waals surface area contributed by atoms with E-state index in [1.807, 2.05) is 30.3 Å². The van der Waals surface area contributed by atoms with E-state index in [4.69, 9.17) is 4.74 Å². The van der Waals surface area contributed by atoms with Crippen LogP contribution in [-0.4, -0.2) is 31.7 Å². The predicted molar refractivity (Wildman–Crippen MR) is 98.7 cm³/mol. The zero-order chi connectivity index (χ0) is 14.2. The van der Waals surface area contributed by atoms with Gasteiger partial charge in [-0.15, -0.1) is 24.0 Å². The van der Waals surface area contributed by atoms with Crippen LogP contribution in [0.3, 0.4) is 0 Å². The molecule has 2 atom stereocenters. The van der Waals surface area contributed by atoms with Gasteiger partial charge in [0.1, 0.15) is 5.75 Å². The van der Waals surface area contributed by atoms with Crippen LogP contribution in [0, 0.1) is 5.92 Å². The molecule has 0 aromatic heterocycles. The molecule has 1 aliphatic carbocycles. The van der Waals surface area contributed by atoms with Crippen molar-refractivity contribution in [2.75, 3.05) is 19.7 Å². The van der Waals surface area contributed by atoms with Gasteiger partial charge >= 0.3 is 0 Å². The average molecular weight is 403 g/mol. The van der Waals surface area contributed by atoms with E-state index in [-0.39, 0.29) is 24.0 Å². The fourth-order valence-corrected chi connectivity index (χ4v) is 1.98. The maximum atomic E-state index is 5.65. The number of hydrogen-bond donors (Lipinski definition) is 2. The number of guanidine groups is 1. The van der Waals surface area contributed by atoms with E-state index in [2.05, 4.69) is 29.5 Å². The van der Waals surface area contributed by atoms with E-state index in [0.29, 0.717) is 12.6 Å².